The van der Waals surface area contributed by atoms with Gasteiger partial charge in [0.05, 0.1) is 20.6 Å². The number of carbonyl (C=O) groups excluding carboxylic acids is 1. The van der Waals surface area contributed by atoms with E-state index in [9.17, 15) is 4.79 Å². The molecule has 0 saturated heterocycles. The fourth-order valence-electron chi connectivity index (χ4n) is 0.473. The summed E-state index contributed by atoms with van der Waals surface area (Å²) in [6.45, 7) is 6.42. The third-order valence-corrected chi connectivity index (χ3v) is 1.62. The first-order chi connectivity index (χ1) is 4.90. The van der Waals surface area contributed by atoms with Gasteiger partial charge in [-0.3, -0.25) is 0 Å². The van der Waals surface area contributed by atoms with Crippen LogP contribution in [0.2, 0.25) is 0 Å². The maximum Gasteiger partial charge on any atom is 0.515 e. The smallest absolute Gasteiger partial charge is 0.417 e. The van der Waals surface area contributed by atoms with Crippen LogP contribution in [0.1, 0.15) is 20.8 Å². The van der Waals surface area contributed by atoms with Gasteiger partial charge in [0, 0.05) is 0 Å². The number of ether oxygens (including phenoxy) is 1. The van der Waals surface area contributed by atoms with Gasteiger partial charge in [-0.05, 0) is 20.8 Å². The van der Waals surface area contributed by atoms with Crippen molar-refractivity contribution in [2.24, 2.45) is 0 Å². The molecule has 11 heavy (non-hydrogen) atoms. The standard InChI is InChI=1S/C8H18NO2/c1-6-9(4,5)8(10)11-7(2)3/h7H,6H2,1-5H3/q+1. The predicted molar refractivity (Wildman–Crippen MR) is 44.3 cm³/mol. The Kier molecular flexibility index (Phi) is 3.52. The van der Waals surface area contributed by atoms with Crippen LogP contribution in [0.5, 0.6) is 0 Å². The van der Waals surface area contributed by atoms with Crippen LogP contribution >= 0.6 is 0 Å². The van der Waals surface area contributed by atoms with Gasteiger partial charge in [-0.25, -0.2) is 4.48 Å². The van der Waals surface area contributed by atoms with E-state index < -0.39 is 0 Å². The monoisotopic (exact) mass is 160 g/mol. The van der Waals surface area contributed by atoms with Crippen LogP contribution in [0.15, 0.2) is 0 Å². The molecule has 0 N–H and O–H groups in total. The Morgan fingerprint density at radius 2 is 1.91 bits per heavy atom. The lowest BCUT2D eigenvalue weighted by molar-refractivity contribution is -0.815. The van der Waals surface area contributed by atoms with Gasteiger partial charge < -0.3 is 4.74 Å². The van der Waals surface area contributed by atoms with Gasteiger partial charge in [0.2, 0.25) is 0 Å². The number of quaternary nitrogens is 1. The molecule has 1 amide bonds. The lowest BCUT2D eigenvalue weighted by Gasteiger charge is -2.24. The molecule has 0 aromatic carbocycles. The van der Waals surface area contributed by atoms with Gasteiger partial charge in [-0.1, -0.05) is 0 Å². The molecule has 66 valence electrons. The van der Waals surface area contributed by atoms with Gasteiger partial charge in [-0.2, -0.15) is 4.79 Å². The number of hydrogen-bond donors (Lipinski definition) is 0. The Bertz CT molecular complexity index is 141. The van der Waals surface area contributed by atoms with Gasteiger partial charge in [0.15, 0.2) is 0 Å². The van der Waals surface area contributed by atoms with Crippen molar-refractivity contribution in [1.82, 2.24) is 0 Å². The van der Waals surface area contributed by atoms with E-state index >= 15 is 0 Å². The lowest BCUT2D eigenvalue weighted by Crippen LogP contribution is -2.46. The number of nitrogens with zero attached hydrogens (tertiary/aromatic N) is 1. The second-order valence-corrected chi connectivity index (χ2v) is 3.43. The van der Waals surface area contributed by atoms with Gasteiger partial charge in [0.1, 0.15) is 6.10 Å². The normalized spacial score (nSPS) is 11.8. The molecule has 0 bridgehead atoms. The summed E-state index contributed by atoms with van der Waals surface area (Å²) in [5.74, 6) is 0. The molecule has 0 rings (SSSR count). The van der Waals surface area contributed by atoms with E-state index in [1.165, 1.54) is 0 Å². The molecule has 0 fully saturated rings. The minimum absolute atomic E-state index is 0.0218. The Balaban J connectivity index is 4.02. The maximum absolute atomic E-state index is 11.3. The zero-order valence-corrected chi connectivity index (χ0v) is 8.05. The topological polar surface area (TPSA) is 26.3 Å². The highest BCUT2D eigenvalue weighted by Gasteiger charge is 2.26. The minimum Gasteiger partial charge on any atom is -0.417 e. The minimum atomic E-state index is -0.164. The molecular weight excluding hydrogens is 142 g/mol. The maximum atomic E-state index is 11.3. The van der Waals surface area contributed by atoms with Crippen LogP contribution in [0.25, 0.3) is 0 Å². The van der Waals surface area contributed by atoms with Gasteiger partial charge in [0.25, 0.3) is 0 Å². The van der Waals surface area contributed by atoms with E-state index in [0.29, 0.717) is 0 Å². The second-order valence-electron chi connectivity index (χ2n) is 3.43. The summed E-state index contributed by atoms with van der Waals surface area (Å²) in [6, 6.07) is 0. The Labute approximate surface area is 68.5 Å². The zero-order valence-electron chi connectivity index (χ0n) is 8.05. The molecule has 0 saturated carbocycles. The van der Waals surface area contributed by atoms with Crippen LogP contribution in [0.4, 0.5) is 4.79 Å². The van der Waals surface area contributed by atoms with E-state index in [1.807, 2.05) is 34.9 Å². The SMILES string of the molecule is CC[N+](C)(C)C(=O)OC(C)C. The Morgan fingerprint density at radius 3 is 2.18 bits per heavy atom. The van der Waals surface area contributed by atoms with Crippen LogP contribution in [0, 0.1) is 0 Å². The molecular formula is C8H18NO2+. The molecule has 0 unspecified atom stereocenters. The molecule has 0 aromatic rings. The molecule has 3 nitrogen and oxygen atoms in total. The van der Waals surface area contributed by atoms with Gasteiger partial charge >= 0.3 is 6.09 Å². The van der Waals surface area contributed by atoms with Crippen molar-refractivity contribution in [2.75, 3.05) is 20.6 Å². The third-order valence-electron chi connectivity index (χ3n) is 1.62. The summed E-state index contributed by atoms with van der Waals surface area (Å²) in [5.41, 5.74) is 0. The summed E-state index contributed by atoms with van der Waals surface area (Å²) in [7, 11) is 3.68. The molecule has 0 heterocycles. The Hall–Kier alpha value is -0.570. The molecule has 0 aliphatic heterocycles. The van der Waals surface area contributed by atoms with Crippen molar-refractivity contribution in [3.05, 3.63) is 0 Å². The van der Waals surface area contributed by atoms with Crippen LogP contribution < -0.4 is 0 Å². The fourth-order valence-corrected chi connectivity index (χ4v) is 0.473. The van der Waals surface area contributed by atoms with Crippen LogP contribution in [0.3, 0.4) is 0 Å². The summed E-state index contributed by atoms with van der Waals surface area (Å²) >= 11 is 0. The molecule has 0 radical (unpaired) electrons. The van der Waals surface area contributed by atoms with Crippen molar-refractivity contribution in [3.8, 4) is 0 Å². The third kappa shape index (κ3) is 3.37. The van der Waals surface area contributed by atoms with Crippen molar-refractivity contribution < 1.29 is 14.0 Å². The van der Waals surface area contributed by atoms with Crippen molar-refractivity contribution in [3.63, 3.8) is 0 Å². The molecule has 0 spiro atoms. The largest absolute Gasteiger partial charge is 0.515 e. The number of hydrogen-bond acceptors (Lipinski definition) is 2. The predicted octanol–water partition coefficient (Wildman–Crippen LogP) is 1.63. The number of carbonyl (C=O) groups is 1. The number of rotatable bonds is 2. The average Bonchev–Trinajstić information content (AvgIpc) is 1.86. The van der Waals surface area contributed by atoms with E-state index in [-0.39, 0.29) is 16.7 Å². The average molecular weight is 160 g/mol. The lowest BCUT2D eigenvalue weighted by atomic mass is 10.5. The van der Waals surface area contributed by atoms with Crippen LogP contribution in [-0.2, 0) is 4.74 Å². The molecule has 0 atom stereocenters. The van der Waals surface area contributed by atoms with E-state index in [2.05, 4.69) is 0 Å². The number of amides is 1. The van der Waals surface area contributed by atoms with Crippen molar-refractivity contribution in [2.45, 2.75) is 26.9 Å². The summed E-state index contributed by atoms with van der Waals surface area (Å²) < 4.78 is 5.33. The highest BCUT2D eigenvalue weighted by atomic mass is 16.6. The molecule has 0 aliphatic rings. The first kappa shape index (κ1) is 10.4. The fraction of sp³-hybridized carbons (Fsp3) is 0.875. The van der Waals surface area contributed by atoms with E-state index in [4.69, 9.17) is 4.74 Å². The highest BCUT2D eigenvalue weighted by Crippen LogP contribution is 2.03. The van der Waals surface area contributed by atoms with Gasteiger partial charge in [-0.15, -0.1) is 0 Å². The van der Waals surface area contributed by atoms with E-state index in [0.717, 1.165) is 6.54 Å². The first-order valence-electron chi connectivity index (χ1n) is 3.94. The van der Waals surface area contributed by atoms with Crippen LogP contribution in [-0.4, -0.2) is 37.3 Å². The summed E-state index contributed by atoms with van der Waals surface area (Å²) in [4.78, 5) is 11.3. The zero-order chi connectivity index (χ0) is 9.07. The highest BCUT2D eigenvalue weighted by molar-refractivity contribution is 5.59. The van der Waals surface area contributed by atoms with E-state index in [1.54, 1.807) is 0 Å². The summed E-state index contributed by atoms with van der Waals surface area (Å²) in [6.07, 6.45) is -0.186. The summed E-state index contributed by atoms with van der Waals surface area (Å²) in [5, 5.41) is 0. The molecule has 3 heteroatoms. The molecule has 0 aliphatic carbocycles. The quantitative estimate of drug-likeness (QED) is 0.574. The first-order valence-corrected chi connectivity index (χ1v) is 3.94. The Morgan fingerprint density at radius 1 is 1.45 bits per heavy atom. The molecule has 0 aromatic heterocycles. The second kappa shape index (κ2) is 3.72. The van der Waals surface area contributed by atoms with Crippen molar-refractivity contribution in [1.29, 1.82) is 0 Å². The van der Waals surface area contributed by atoms with Crippen molar-refractivity contribution >= 4 is 6.09 Å².